The van der Waals surface area contributed by atoms with E-state index in [9.17, 15) is 4.79 Å². The van der Waals surface area contributed by atoms with E-state index in [1.54, 1.807) is 0 Å². The minimum absolute atomic E-state index is 0.118. The van der Waals surface area contributed by atoms with Gasteiger partial charge in [-0.15, -0.1) is 0 Å². The second-order valence-electron chi connectivity index (χ2n) is 5.71. The highest BCUT2D eigenvalue weighted by Gasteiger charge is 2.34. The Bertz CT molecular complexity index is 446. The van der Waals surface area contributed by atoms with Gasteiger partial charge in [0, 0.05) is 24.0 Å². The van der Waals surface area contributed by atoms with E-state index in [1.807, 2.05) is 17.0 Å². The fraction of sp³-hybridized carbons (Fsp3) is 0.533. The van der Waals surface area contributed by atoms with E-state index < -0.39 is 0 Å². The molecule has 2 N–H and O–H groups in total. The Balaban J connectivity index is 1.84. The van der Waals surface area contributed by atoms with Gasteiger partial charge < -0.3 is 10.6 Å². The number of hydrogen-bond donors (Lipinski definition) is 1. The zero-order valence-electron chi connectivity index (χ0n) is 11.4. The lowest BCUT2D eigenvalue weighted by atomic mass is 9.90. The van der Waals surface area contributed by atoms with E-state index in [0.717, 1.165) is 30.4 Å². The predicted octanol–water partition coefficient (Wildman–Crippen LogP) is 2.58. The van der Waals surface area contributed by atoms with Gasteiger partial charge in [-0.1, -0.05) is 35.0 Å². The molecular formula is C15H21BrN2O. The zero-order valence-corrected chi connectivity index (χ0v) is 12.9. The Kier molecular flexibility index (Phi) is 4.63. The first-order chi connectivity index (χ1) is 9.02. The van der Waals surface area contributed by atoms with Crippen LogP contribution in [-0.4, -0.2) is 30.4 Å². The highest BCUT2D eigenvalue weighted by atomic mass is 79.9. The number of carbonyl (C=O) groups excluding carboxylic acids is 1. The van der Waals surface area contributed by atoms with Crippen LogP contribution in [-0.2, 0) is 11.2 Å². The van der Waals surface area contributed by atoms with Gasteiger partial charge in [-0.05, 0) is 42.5 Å². The average Bonchev–Trinajstić information content (AvgIpc) is 2.81. The SMILES string of the molecule is CC1(CN)CCN(C(=O)CCc2ccc(Br)cc2)C1. The van der Waals surface area contributed by atoms with E-state index in [2.05, 4.69) is 35.0 Å². The monoisotopic (exact) mass is 324 g/mol. The van der Waals surface area contributed by atoms with Gasteiger partial charge in [0.1, 0.15) is 0 Å². The summed E-state index contributed by atoms with van der Waals surface area (Å²) in [4.78, 5) is 14.1. The number of rotatable bonds is 4. The van der Waals surface area contributed by atoms with Crippen LogP contribution in [0.3, 0.4) is 0 Å². The molecule has 0 radical (unpaired) electrons. The number of aryl methyl sites for hydroxylation is 1. The van der Waals surface area contributed by atoms with Crippen LogP contribution < -0.4 is 5.73 Å². The first-order valence-corrected chi connectivity index (χ1v) is 7.54. The number of hydrogen-bond acceptors (Lipinski definition) is 2. The molecule has 1 aliphatic rings. The van der Waals surface area contributed by atoms with Crippen molar-refractivity contribution in [3.63, 3.8) is 0 Å². The highest BCUT2D eigenvalue weighted by Crippen LogP contribution is 2.28. The van der Waals surface area contributed by atoms with Crippen LogP contribution in [0.4, 0.5) is 0 Å². The van der Waals surface area contributed by atoms with Crippen molar-refractivity contribution >= 4 is 21.8 Å². The number of likely N-dealkylation sites (tertiary alicyclic amines) is 1. The molecule has 0 bridgehead atoms. The van der Waals surface area contributed by atoms with E-state index in [-0.39, 0.29) is 11.3 Å². The number of halogens is 1. The molecule has 1 heterocycles. The van der Waals surface area contributed by atoms with Crippen LogP contribution in [0.2, 0.25) is 0 Å². The van der Waals surface area contributed by atoms with Gasteiger partial charge in [-0.2, -0.15) is 0 Å². The summed E-state index contributed by atoms with van der Waals surface area (Å²) in [6.07, 6.45) is 2.41. The lowest BCUT2D eigenvalue weighted by molar-refractivity contribution is -0.130. The van der Waals surface area contributed by atoms with Crippen LogP contribution in [0.25, 0.3) is 0 Å². The van der Waals surface area contributed by atoms with Gasteiger partial charge >= 0.3 is 0 Å². The molecule has 1 aliphatic heterocycles. The van der Waals surface area contributed by atoms with Crippen LogP contribution >= 0.6 is 15.9 Å². The second-order valence-corrected chi connectivity index (χ2v) is 6.62. The maximum absolute atomic E-state index is 12.2. The van der Waals surface area contributed by atoms with Crippen molar-refractivity contribution in [1.29, 1.82) is 0 Å². The first kappa shape index (κ1) is 14.5. The lowest BCUT2D eigenvalue weighted by Gasteiger charge is -2.22. The summed E-state index contributed by atoms with van der Waals surface area (Å²) in [6, 6.07) is 8.15. The molecule has 1 amide bonds. The van der Waals surface area contributed by atoms with E-state index >= 15 is 0 Å². The fourth-order valence-corrected chi connectivity index (χ4v) is 2.73. The quantitative estimate of drug-likeness (QED) is 0.925. The summed E-state index contributed by atoms with van der Waals surface area (Å²) < 4.78 is 1.07. The standard InChI is InChI=1S/C15H21BrN2O/c1-15(10-17)8-9-18(11-15)14(19)7-4-12-2-5-13(16)6-3-12/h2-3,5-6H,4,7-11,17H2,1H3. The number of carbonyl (C=O) groups is 1. The summed E-state index contributed by atoms with van der Waals surface area (Å²) in [5.74, 6) is 0.250. The molecule has 0 spiro atoms. The molecule has 1 fully saturated rings. The van der Waals surface area contributed by atoms with Crippen LogP contribution in [0.15, 0.2) is 28.7 Å². The Morgan fingerprint density at radius 3 is 2.68 bits per heavy atom. The first-order valence-electron chi connectivity index (χ1n) is 6.75. The number of benzene rings is 1. The summed E-state index contributed by atoms with van der Waals surface area (Å²) in [5.41, 5.74) is 7.09. The van der Waals surface area contributed by atoms with E-state index in [4.69, 9.17) is 5.73 Å². The van der Waals surface area contributed by atoms with Crippen molar-refractivity contribution in [3.8, 4) is 0 Å². The normalized spacial score (nSPS) is 22.8. The maximum Gasteiger partial charge on any atom is 0.222 e. The van der Waals surface area contributed by atoms with Crippen molar-refractivity contribution in [1.82, 2.24) is 4.90 Å². The highest BCUT2D eigenvalue weighted by molar-refractivity contribution is 9.10. The molecule has 0 aromatic heterocycles. The Labute approximate surface area is 123 Å². The summed E-state index contributed by atoms with van der Waals surface area (Å²) >= 11 is 3.41. The van der Waals surface area contributed by atoms with Crippen molar-refractivity contribution in [2.24, 2.45) is 11.1 Å². The molecule has 1 aromatic rings. The predicted molar refractivity (Wildman–Crippen MR) is 80.8 cm³/mol. The van der Waals surface area contributed by atoms with Crippen molar-refractivity contribution in [2.45, 2.75) is 26.2 Å². The number of amides is 1. The van der Waals surface area contributed by atoms with Crippen LogP contribution in [0.1, 0.15) is 25.3 Å². The molecule has 104 valence electrons. The van der Waals surface area contributed by atoms with Gasteiger partial charge in [-0.25, -0.2) is 0 Å². The number of nitrogens with two attached hydrogens (primary N) is 1. The van der Waals surface area contributed by atoms with E-state index in [0.29, 0.717) is 13.0 Å². The topological polar surface area (TPSA) is 46.3 Å². The largest absolute Gasteiger partial charge is 0.342 e. The second kappa shape index (κ2) is 6.06. The third kappa shape index (κ3) is 3.80. The molecule has 0 aliphatic carbocycles. The van der Waals surface area contributed by atoms with E-state index in [1.165, 1.54) is 5.56 Å². The van der Waals surface area contributed by atoms with Gasteiger partial charge in [0.25, 0.3) is 0 Å². The Morgan fingerprint density at radius 2 is 2.11 bits per heavy atom. The van der Waals surface area contributed by atoms with Crippen molar-refractivity contribution in [3.05, 3.63) is 34.3 Å². The van der Waals surface area contributed by atoms with Crippen molar-refractivity contribution in [2.75, 3.05) is 19.6 Å². The maximum atomic E-state index is 12.2. The molecule has 2 rings (SSSR count). The molecular weight excluding hydrogens is 304 g/mol. The van der Waals surface area contributed by atoms with Gasteiger partial charge in [0.15, 0.2) is 0 Å². The Morgan fingerprint density at radius 1 is 1.42 bits per heavy atom. The minimum atomic E-state index is 0.118. The molecule has 1 saturated heterocycles. The smallest absolute Gasteiger partial charge is 0.222 e. The molecule has 1 atom stereocenters. The average molecular weight is 325 g/mol. The molecule has 1 unspecified atom stereocenters. The van der Waals surface area contributed by atoms with Gasteiger partial charge in [0.05, 0.1) is 0 Å². The Hall–Kier alpha value is -0.870. The fourth-order valence-electron chi connectivity index (χ4n) is 2.46. The lowest BCUT2D eigenvalue weighted by Crippen LogP contribution is -2.34. The van der Waals surface area contributed by atoms with Crippen LogP contribution in [0.5, 0.6) is 0 Å². The molecule has 1 aromatic carbocycles. The molecule has 19 heavy (non-hydrogen) atoms. The zero-order chi connectivity index (χ0) is 13.9. The summed E-state index contributed by atoms with van der Waals surface area (Å²) in [7, 11) is 0. The molecule has 0 saturated carbocycles. The van der Waals surface area contributed by atoms with Crippen LogP contribution in [0, 0.1) is 5.41 Å². The van der Waals surface area contributed by atoms with Gasteiger partial charge in [0.2, 0.25) is 5.91 Å². The minimum Gasteiger partial charge on any atom is -0.342 e. The van der Waals surface area contributed by atoms with Crippen molar-refractivity contribution < 1.29 is 4.79 Å². The third-order valence-corrected chi connectivity index (χ3v) is 4.47. The summed E-state index contributed by atoms with van der Waals surface area (Å²) in [6.45, 7) is 4.48. The van der Waals surface area contributed by atoms with Gasteiger partial charge in [-0.3, -0.25) is 4.79 Å². The molecule has 3 nitrogen and oxygen atoms in total. The molecule has 4 heteroatoms. The number of nitrogens with zero attached hydrogens (tertiary/aromatic N) is 1. The summed E-state index contributed by atoms with van der Waals surface area (Å²) in [5, 5.41) is 0. The third-order valence-electron chi connectivity index (χ3n) is 3.94.